The third-order valence-corrected chi connectivity index (χ3v) is 4.19. The van der Waals surface area contributed by atoms with Crippen LogP contribution in [0.15, 0.2) is 36.0 Å². The first-order valence-electron chi connectivity index (χ1n) is 7.04. The molecule has 3 rings (SSSR count). The second kappa shape index (κ2) is 7.41. The fourth-order valence-electron chi connectivity index (χ4n) is 2.04. The van der Waals surface area contributed by atoms with E-state index in [4.69, 9.17) is 17.3 Å². The van der Waals surface area contributed by atoms with Gasteiger partial charge < -0.3 is 16.4 Å². The van der Waals surface area contributed by atoms with Crippen molar-refractivity contribution in [3.8, 4) is 0 Å². The normalized spacial score (nSPS) is 10.5. The van der Waals surface area contributed by atoms with E-state index in [0.717, 1.165) is 11.1 Å². The number of hydrogen-bond donors (Lipinski definition) is 3. The maximum absolute atomic E-state index is 13.8. The fraction of sp³-hybridized carbons (Fsp3) is 0.0667. The van der Waals surface area contributed by atoms with Crippen LogP contribution in [0.2, 0.25) is 5.02 Å². The Morgan fingerprint density at radius 2 is 2.20 bits per heavy atom. The maximum atomic E-state index is 13.8. The number of carbonyl (C=O) groups excluding carboxylic acids is 1. The number of thiazole rings is 1. The molecule has 0 atom stereocenters. The molecule has 0 fully saturated rings. The van der Waals surface area contributed by atoms with E-state index in [9.17, 15) is 9.18 Å². The van der Waals surface area contributed by atoms with Crippen molar-refractivity contribution in [1.29, 1.82) is 0 Å². The van der Waals surface area contributed by atoms with Gasteiger partial charge in [0, 0.05) is 11.6 Å². The number of nitrogens with one attached hydrogen (secondary N) is 2. The lowest BCUT2D eigenvalue weighted by atomic mass is 10.1. The Labute approximate surface area is 151 Å². The van der Waals surface area contributed by atoms with Crippen molar-refractivity contribution in [2.45, 2.75) is 6.54 Å². The second-order valence-electron chi connectivity index (χ2n) is 4.82. The monoisotopic (exact) mass is 378 g/mol. The summed E-state index contributed by atoms with van der Waals surface area (Å²) in [5.74, 6) is -1.11. The van der Waals surface area contributed by atoms with Crippen molar-refractivity contribution in [3.63, 3.8) is 0 Å². The van der Waals surface area contributed by atoms with Crippen molar-refractivity contribution in [2.24, 2.45) is 5.73 Å². The maximum Gasteiger partial charge on any atom is 0.253 e. The van der Waals surface area contributed by atoms with Gasteiger partial charge in [-0.25, -0.2) is 14.4 Å². The summed E-state index contributed by atoms with van der Waals surface area (Å²) in [7, 11) is 0. The van der Waals surface area contributed by atoms with E-state index in [1.807, 2.05) is 5.38 Å². The van der Waals surface area contributed by atoms with Gasteiger partial charge in [-0.05, 0) is 12.1 Å². The van der Waals surface area contributed by atoms with E-state index in [-0.39, 0.29) is 22.1 Å². The van der Waals surface area contributed by atoms with Crippen molar-refractivity contribution >= 4 is 46.3 Å². The number of hydrogen-bond acceptors (Lipinski definition) is 7. The first-order valence-corrected chi connectivity index (χ1v) is 8.30. The average molecular weight is 379 g/mol. The van der Waals surface area contributed by atoms with Gasteiger partial charge in [0.25, 0.3) is 5.91 Å². The van der Waals surface area contributed by atoms with Crippen molar-refractivity contribution in [3.05, 3.63) is 57.4 Å². The van der Waals surface area contributed by atoms with Crippen LogP contribution < -0.4 is 16.4 Å². The van der Waals surface area contributed by atoms with Crippen LogP contribution in [0.25, 0.3) is 0 Å². The Morgan fingerprint density at radius 1 is 1.36 bits per heavy atom. The first-order chi connectivity index (χ1) is 12.0. The molecule has 25 heavy (non-hydrogen) atoms. The fourth-order valence-corrected chi connectivity index (χ4v) is 2.74. The standard InChI is InChI=1S/C15H12ClFN6OS/c16-8-6-20-15(21-7-11-19-4-5-25-11)23-14(8)22-10-3-1-2-9(17)12(10)13(18)24/h1-6H,7H2,(H2,18,24)(H2,20,21,22,23). The molecule has 2 aromatic heterocycles. The second-order valence-corrected chi connectivity index (χ2v) is 6.21. The van der Waals surface area contributed by atoms with Crippen LogP contribution >= 0.6 is 22.9 Å². The molecule has 7 nitrogen and oxygen atoms in total. The molecule has 0 aliphatic carbocycles. The Hall–Kier alpha value is -2.78. The van der Waals surface area contributed by atoms with Crippen LogP contribution in [0.5, 0.6) is 0 Å². The number of halogens is 2. The largest absolute Gasteiger partial charge is 0.365 e. The number of nitrogens with two attached hydrogens (primary N) is 1. The molecule has 0 aliphatic heterocycles. The lowest BCUT2D eigenvalue weighted by Gasteiger charge is -2.12. The molecule has 0 bridgehead atoms. The highest BCUT2D eigenvalue weighted by Gasteiger charge is 2.16. The van der Waals surface area contributed by atoms with Crippen LogP contribution in [0.4, 0.5) is 21.8 Å². The van der Waals surface area contributed by atoms with E-state index in [1.165, 1.54) is 29.7 Å². The minimum Gasteiger partial charge on any atom is -0.365 e. The average Bonchev–Trinajstić information content (AvgIpc) is 3.09. The molecule has 4 N–H and O–H groups in total. The van der Waals surface area contributed by atoms with Gasteiger partial charge in [-0.2, -0.15) is 4.98 Å². The number of carbonyl (C=O) groups is 1. The number of anilines is 3. The molecule has 0 spiro atoms. The molecule has 0 unspecified atom stereocenters. The van der Waals surface area contributed by atoms with Gasteiger partial charge in [0.15, 0.2) is 5.82 Å². The molecule has 128 valence electrons. The number of rotatable bonds is 6. The quantitative estimate of drug-likeness (QED) is 0.608. The summed E-state index contributed by atoms with van der Waals surface area (Å²) in [5.41, 5.74) is 5.13. The van der Waals surface area contributed by atoms with E-state index in [1.54, 1.807) is 6.20 Å². The highest BCUT2D eigenvalue weighted by Crippen LogP contribution is 2.27. The summed E-state index contributed by atoms with van der Waals surface area (Å²) in [5, 5.41) is 8.77. The number of amides is 1. The van der Waals surface area contributed by atoms with E-state index in [0.29, 0.717) is 12.5 Å². The zero-order chi connectivity index (χ0) is 17.8. The molecule has 0 saturated carbocycles. The zero-order valence-corrected chi connectivity index (χ0v) is 14.2. The summed E-state index contributed by atoms with van der Waals surface area (Å²) in [6.07, 6.45) is 3.09. The molecule has 0 aliphatic rings. The molecule has 2 heterocycles. The smallest absolute Gasteiger partial charge is 0.253 e. The summed E-state index contributed by atoms with van der Waals surface area (Å²) < 4.78 is 13.8. The molecule has 3 aromatic rings. The number of aromatic nitrogens is 3. The Bertz CT molecular complexity index is 905. The Kier molecular flexibility index (Phi) is 5.05. The van der Waals surface area contributed by atoms with E-state index >= 15 is 0 Å². The van der Waals surface area contributed by atoms with Gasteiger partial charge in [-0.1, -0.05) is 17.7 Å². The van der Waals surface area contributed by atoms with Crippen LogP contribution in [-0.2, 0) is 6.54 Å². The van der Waals surface area contributed by atoms with Gasteiger partial charge in [0.2, 0.25) is 5.95 Å². The van der Waals surface area contributed by atoms with Crippen LogP contribution in [-0.4, -0.2) is 20.9 Å². The lowest BCUT2D eigenvalue weighted by Crippen LogP contribution is -2.16. The molecule has 1 amide bonds. The summed E-state index contributed by atoms with van der Waals surface area (Å²) in [4.78, 5) is 23.9. The van der Waals surface area contributed by atoms with Crippen molar-refractivity contribution < 1.29 is 9.18 Å². The van der Waals surface area contributed by atoms with Crippen LogP contribution in [0.1, 0.15) is 15.4 Å². The van der Waals surface area contributed by atoms with Gasteiger partial charge in [-0.3, -0.25) is 4.79 Å². The third kappa shape index (κ3) is 4.01. The molecule has 1 aromatic carbocycles. The minimum absolute atomic E-state index is 0.166. The predicted octanol–water partition coefficient (Wildman–Crippen LogP) is 3.18. The lowest BCUT2D eigenvalue weighted by molar-refractivity contribution is 0.0997. The van der Waals surface area contributed by atoms with Crippen molar-refractivity contribution in [2.75, 3.05) is 10.6 Å². The molecule has 0 saturated heterocycles. The Morgan fingerprint density at radius 3 is 2.92 bits per heavy atom. The van der Waals surface area contributed by atoms with E-state index in [2.05, 4.69) is 25.6 Å². The highest BCUT2D eigenvalue weighted by molar-refractivity contribution is 7.09. The number of nitrogens with zero attached hydrogens (tertiary/aromatic N) is 3. The predicted molar refractivity (Wildman–Crippen MR) is 94.7 cm³/mol. The minimum atomic E-state index is -0.895. The summed E-state index contributed by atoms with van der Waals surface area (Å²) in [6.45, 7) is 0.450. The highest BCUT2D eigenvalue weighted by atomic mass is 35.5. The van der Waals surface area contributed by atoms with Crippen LogP contribution in [0, 0.1) is 5.82 Å². The van der Waals surface area contributed by atoms with Gasteiger partial charge in [-0.15, -0.1) is 11.3 Å². The van der Waals surface area contributed by atoms with Crippen molar-refractivity contribution in [1.82, 2.24) is 15.0 Å². The zero-order valence-electron chi connectivity index (χ0n) is 12.7. The molecule has 10 heteroatoms. The Balaban J connectivity index is 1.84. The van der Waals surface area contributed by atoms with Gasteiger partial charge in [0.1, 0.15) is 15.8 Å². The number of benzene rings is 1. The SMILES string of the molecule is NC(=O)c1c(F)cccc1Nc1nc(NCc2nccs2)ncc1Cl. The van der Waals surface area contributed by atoms with Gasteiger partial charge in [0.05, 0.1) is 24.0 Å². The molecule has 0 radical (unpaired) electrons. The van der Waals surface area contributed by atoms with Gasteiger partial charge >= 0.3 is 0 Å². The summed E-state index contributed by atoms with van der Waals surface area (Å²) in [6, 6.07) is 4.10. The number of primary amides is 1. The molecular formula is C15H12ClFN6OS. The van der Waals surface area contributed by atoms with Crippen LogP contribution in [0.3, 0.4) is 0 Å². The van der Waals surface area contributed by atoms with E-state index < -0.39 is 11.7 Å². The topological polar surface area (TPSA) is 106 Å². The molecular weight excluding hydrogens is 367 g/mol. The summed E-state index contributed by atoms with van der Waals surface area (Å²) >= 11 is 7.58. The third-order valence-electron chi connectivity index (χ3n) is 3.14. The first kappa shape index (κ1) is 17.1.